The molecule has 0 atom stereocenters. The number of anilines is 1. The lowest BCUT2D eigenvalue weighted by atomic mass is 10.1. The molecular weight excluding hydrogens is 278 g/mol. The first-order valence-corrected chi connectivity index (χ1v) is 8.89. The van der Waals surface area contributed by atoms with Gasteiger partial charge < -0.3 is 4.90 Å². The summed E-state index contributed by atoms with van der Waals surface area (Å²) in [6, 6.07) is 9.21. The van der Waals surface area contributed by atoms with E-state index in [0.717, 1.165) is 13.1 Å². The van der Waals surface area contributed by atoms with Gasteiger partial charge in [-0.15, -0.1) is 0 Å². The Morgan fingerprint density at radius 3 is 1.78 bits per heavy atom. The highest BCUT2D eigenvalue weighted by atomic mass is 15.1. The third-order valence-electron chi connectivity index (χ3n) is 4.64. The largest absolute Gasteiger partial charge is 0.370 e. The third kappa shape index (κ3) is 4.48. The Kier molecular flexibility index (Phi) is 5.52. The van der Waals surface area contributed by atoms with Gasteiger partial charge in [0.2, 0.25) is 0 Å². The molecule has 1 nitrogen and oxygen atoms in total. The summed E-state index contributed by atoms with van der Waals surface area (Å²) in [6.45, 7) is 4.36. The van der Waals surface area contributed by atoms with E-state index in [-0.39, 0.29) is 0 Å². The Bertz CT molecular complexity index is 549. The molecule has 2 aliphatic rings. The van der Waals surface area contributed by atoms with Crippen LogP contribution in [0.1, 0.15) is 25.3 Å². The molecule has 1 aromatic carbocycles. The van der Waals surface area contributed by atoms with Crippen molar-refractivity contribution in [1.29, 1.82) is 0 Å². The fourth-order valence-electron chi connectivity index (χ4n) is 3.25. The molecule has 0 N–H and O–H groups in total. The second-order valence-corrected chi connectivity index (χ2v) is 6.54. The zero-order valence-corrected chi connectivity index (χ0v) is 14.1. The van der Waals surface area contributed by atoms with Gasteiger partial charge in [-0.3, -0.25) is 0 Å². The number of nitrogens with zero attached hydrogens (tertiary/aromatic N) is 1. The molecule has 0 aromatic heterocycles. The maximum absolute atomic E-state index is 2.53. The first-order chi connectivity index (χ1) is 11.3. The van der Waals surface area contributed by atoms with Crippen molar-refractivity contribution in [2.24, 2.45) is 11.8 Å². The number of aryl methyl sites for hydroxylation is 1. The van der Waals surface area contributed by atoms with E-state index in [1.807, 2.05) is 0 Å². The van der Waals surface area contributed by atoms with Gasteiger partial charge in [0.05, 0.1) is 0 Å². The van der Waals surface area contributed by atoms with E-state index in [2.05, 4.69) is 84.7 Å². The van der Waals surface area contributed by atoms with Crippen molar-refractivity contribution < 1.29 is 0 Å². The minimum absolute atomic E-state index is 0.532. The van der Waals surface area contributed by atoms with Crippen molar-refractivity contribution in [2.45, 2.75) is 26.2 Å². The molecule has 1 aromatic rings. The van der Waals surface area contributed by atoms with Gasteiger partial charge in [-0.1, -0.05) is 74.1 Å². The third-order valence-corrected chi connectivity index (χ3v) is 4.64. The molecule has 0 heterocycles. The summed E-state index contributed by atoms with van der Waals surface area (Å²) in [7, 11) is 0. The second kappa shape index (κ2) is 8.01. The number of hydrogen-bond acceptors (Lipinski definition) is 1. The molecule has 23 heavy (non-hydrogen) atoms. The van der Waals surface area contributed by atoms with E-state index in [0.29, 0.717) is 11.8 Å². The maximum Gasteiger partial charge on any atom is 0.0366 e. The number of hydrogen-bond donors (Lipinski definition) is 0. The van der Waals surface area contributed by atoms with Crippen molar-refractivity contribution in [3.8, 4) is 0 Å². The second-order valence-electron chi connectivity index (χ2n) is 6.54. The molecule has 3 rings (SSSR count). The number of allylic oxidation sites excluding steroid dienone is 4. The smallest absolute Gasteiger partial charge is 0.0366 e. The van der Waals surface area contributed by atoms with E-state index in [1.54, 1.807) is 0 Å². The van der Waals surface area contributed by atoms with Crippen LogP contribution >= 0.6 is 0 Å². The minimum Gasteiger partial charge on any atom is -0.370 e. The molecular formula is C22H27N. The summed E-state index contributed by atoms with van der Waals surface area (Å²) in [6.07, 6.45) is 21.5. The summed E-state index contributed by atoms with van der Waals surface area (Å²) in [5.74, 6) is 1.06. The van der Waals surface area contributed by atoms with Gasteiger partial charge in [-0.2, -0.15) is 0 Å². The van der Waals surface area contributed by atoms with E-state index < -0.39 is 0 Å². The fourth-order valence-corrected chi connectivity index (χ4v) is 3.25. The van der Waals surface area contributed by atoms with Gasteiger partial charge >= 0.3 is 0 Å². The first kappa shape index (κ1) is 15.9. The lowest BCUT2D eigenvalue weighted by Gasteiger charge is -2.29. The lowest BCUT2D eigenvalue weighted by Crippen LogP contribution is -2.31. The van der Waals surface area contributed by atoms with Crippen molar-refractivity contribution in [2.75, 3.05) is 18.0 Å². The summed E-state index contributed by atoms with van der Waals surface area (Å²) in [5.41, 5.74) is 2.80. The van der Waals surface area contributed by atoms with Crippen LogP contribution in [-0.2, 0) is 6.42 Å². The Hall–Kier alpha value is -2.02. The molecule has 2 aliphatic carbocycles. The van der Waals surface area contributed by atoms with Crippen molar-refractivity contribution >= 4 is 5.69 Å². The van der Waals surface area contributed by atoms with Gasteiger partial charge in [0.1, 0.15) is 0 Å². The standard InChI is InChI=1S/C22H27N/c1-2-3-8-19-13-15-22(16-14-19)23(17-20-9-4-5-10-20)18-21-11-6-7-12-21/h4-7,9-16,20-21H,2-3,8,17-18H2,1H3. The van der Waals surface area contributed by atoms with E-state index in [9.17, 15) is 0 Å². The molecule has 0 spiro atoms. The Morgan fingerprint density at radius 1 is 0.783 bits per heavy atom. The van der Waals surface area contributed by atoms with E-state index in [4.69, 9.17) is 0 Å². The van der Waals surface area contributed by atoms with Crippen molar-refractivity contribution in [1.82, 2.24) is 0 Å². The average molecular weight is 305 g/mol. The molecule has 0 bridgehead atoms. The van der Waals surface area contributed by atoms with Crippen LogP contribution in [0.15, 0.2) is 72.9 Å². The Labute approximate surface area is 140 Å². The monoisotopic (exact) mass is 305 g/mol. The molecule has 0 fully saturated rings. The quantitative estimate of drug-likeness (QED) is 0.628. The van der Waals surface area contributed by atoms with E-state index in [1.165, 1.54) is 30.5 Å². The zero-order chi connectivity index (χ0) is 15.9. The van der Waals surface area contributed by atoms with Crippen LogP contribution < -0.4 is 4.90 Å². The van der Waals surface area contributed by atoms with Crippen LogP contribution in [0.5, 0.6) is 0 Å². The SMILES string of the molecule is CCCCc1ccc(N(CC2C=CC=C2)CC2C=CC=C2)cc1. The summed E-state index contributed by atoms with van der Waals surface area (Å²) in [5, 5.41) is 0. The van der Waals surface area contributed by atoms with Crippen LogP contribution in [0, 0.1) is 11.8 Å². The predicted molar refractivity (Wildman–Crippen MR) is 101 cm³/mol. The fraction of sp³-hybridized carbons (Fsp3) is 0.364. The molecule has 0 unspecified atom stereocenters. The topological polar surface area (TPSA) is 3.24 Å². The molecule has 0 saturated carbocycles. The van der Waals surface area contributed by atoms with Crippen LogP contribution in [0.2, 0.25) is 0 Å². The van der Waals surface area contributed by atoms with Gasteiger partial charge in [-0.05, 0) is 30.5 Å². The highest BCUT2D eigenvalue weighted by Gasteiger charge is 2.16. The number of benzene rings is 1. The molecule has 120 valence electrons. The number of unbranched alkanes of at least 4 members (excludes halogenated alkanes) is 1. The Balaban J connectivity index is 1.70. The maximum atomic E-state index is 2.53. The highest BCUT2D eigenvalue weighted by molar-refractivity contribution is 5.49. The van der Waals surface area contributed by atoms with Gasteiger partial charge in [0.15, 0.2) is 0 Å². The molecule has 1 heteroatoms. The lowest BCUT2D eigenvalue weighted by molar-refractivity contribution is 0.669. The van der Waals surface area contributed by atoms with Crippen molar-refractivity contribution in [3.05, 3.63) is 78.4 Å². The van der Waals surface area contributed by atoms with Crippen molar-refractivity contribution in [3.63, 3.8) is 0 Å². The van der Waals surface area contributed by atoms with Crippen LogP contribution in [0.3, 0.4) is 0 Å². The molecule has 0 amide bonds. The molecule has 0 radical (unpaired) electrons. The first-order valence-electron chi connectivity index (χ1n) is 8.89. The minimum atomic E-state index is 0.532. The molecule has 0 saturated heterocycles. The Morgan fingerprint density at radius 2 is 1.30 bits per heavy atom. The molecule has 0 aliphatic heterocycles. The highest BCUT2D eigenvalue weighted by Crippen LogP contribution is 2.23. The van der Waals surface area contributed by atoms with Crippen LogP contribution in [-0.4, -0.2) is 13.1 Å². The van der Waals surface area contributed by atoms with Crippen LogP contribution in [0.4, 0.5) is 5.69 Å². The normalized spacial score (nSPS) is 16.7. The number of rotatable bonds is 8. The summed E-state index contributed by atoms with van der Waals surface area (Å²) < 4.78 is 0. The van der Waals surface area contributed by atoms with Gasteiger partial charge in [0.25, 0.3) is 0 Å². The average Bonchev–Trinajstić information content (AvgIpc) is 3.27. The summed E-state index contributed by atoms with van der Waals surface area (Å²) in [4.78, 5) is 2.53. The van der Waals surface area contributed by atoms with Gasteiger partial charge in [0, 0.05) is 30.6 Å². The van der Waals surface area contributed by atoms with E-state index >= 15 is 0 Å². The van der Waals surface area contributed by atoms with Gasteiger partial charge in [-0.25, -0.2) is 0 Å². The summed E-state index contributed by atoms with van der Waals surface area (Å²) >= 11 is 0. The zero-order valence-electron chi connectivity index (χ0n) is 14.1. The predicted octanol–water partition coefficient (Wildman–Crippen LogP) is 5.32. The van der Waals surface area contributed by atoms with Crippen LogP contribution in [0.25, 0.3) is 0 Å².